The maximum Gasteiger partial charge on any atom is 0.407 e. The van der Waals surface area contributed by atoms with Crippen LogP contribution in [-0.2, 0) is 19.1 Å². The highest BCUT2D eigenvalue weighted by molar-refractivity contribution is 9.10. The zero-order chi connectivity index (χ0) is 32.2. The number of carbonyl (C=O) groups is 3. The second kappa shape index (κ2) is 13.5. The largest absolute Gasteiger partial charge is 0.472 e. The Morgan fingerprint density at radius 3 is 2.48 bits per heavy atom. The van der Waals surface area contributed by atoms with Crippen LogP contribution in [0.1, 0.15) is 41.0 Å². The van der Waals surface area contributed by atoms with Crippen molar-refractivity contribution in [3.63, 3.8) is 0 Å². The van der Waals surface area contributed by atoms with Gasteiger partial charge in [0.05, 0.1) is 25.8 Å². The normalized spacial score (nSPS) is 17.7. The lowest BCUT2D eigenvalue weighted by atomic mass is 9.85. The highest BCUT2D eigenvalue weighted by atomic mass is 79.9. The molecule has 3 aromatic rings. The Hall–Kier alpha value is -3.70. The van der Waals surface area contributed by atoms with Crippen LogP contribution < -0.4 is 10.1 Å². The number of nitrogens with one attached hydrogen (secondary N) is 1. The van der Waals surface area contributed by atoms with Gasteiger partial charge in [-0.1, -0.05) is 80.9 Å². The molecule has 2 N–H and O–H groups in total. The molecule has 44 heavy (non-hydrogen) atoms. The average Bonchev–Trinajstić information content (AvgIpc) is 3.41. The van der Waals surface area contributed by atoms with Gasteiger partial charge >= 0.3 is 12.1 Å². The summed E-state index contributed by atoms with van der Waals surface area (Å²) < 4.78 is 17.8. The van der Waals surface area contributed by atoms with Crippen LogP contribution in [0.15, 0.2) is 59.1 Å². The first-order chi connectivity index (χ1) is 20.7. The number of esters is 1. The highest BCUT2D eigenvalue weighted by Gasteiger charge is 2.46. The van der Waals surface area contributed by atoms with E-state index in [1.54, 1.807) is 13.8 Å². The number of likely N-dealkylation sites (tertiary alicyclic amines) is 1. The Balaban J connectivity index is 1.62. The Morgan fingerprint density at radius 1 is 1.09 bits per heavy atom. The lowest BCUT2D eigenvalue weighted by Gasteiger charge is -2.35. The van der Waals surface area contributed by atoms with E-state index in [4.69, 9.17) is 19.2 Å². The number of aliphatic hydroxyl groups is 1. The summed E-state index contributed by atoms with van der Waals surface area (Å²) in [4.78, 5) is 46.0. The SMILES string of the molecule is COC(=O)[C@@H]1C[C@@H](Oc2nc3ccccc3cc2-c2cccc(Br)c2)CN1C(=O)[C@@H](NC(=O)OCC(C)(C)CO)C(C)(C)C. The molecule has 1 saturated heterocycles. The monoisotopic (exact) mass is 669 g/mol. The van der Waals surface area contributed by atoms with Crippen LogP contribution in [0.5, 0.6) is 5.88 Å². The third kappa shape index (κ3) is 7.87. The summed E-state index contributed by atoms with van der Waals surface area (Å²) in [5, 5.41) is 13.1. The molecule has 10 nitrogen and oxygen atoms in total. The van der Waals surface area contributed by atoms with Gasteiger partial charge in [-0.25, -0.2) is 14.6 Å². The summed E-state index contributed by atoms with van der Waals surface area (Å²) in [7, 11) is 1.27. The number of fused-ring (bicyclic) bond motifs is 1. The molecule has 1 fully saturated rings. The fraction of sp³-hybridized carbons (Fsp3) is 0.455. The number of hydrogen-bond acceptors (Lipinski definition) is 8. The fourth-order valence-corrected chi connectivity index (χ4v) is 5.37. The van der Waals surface area contributed by atoms with Gasteiger partial charge in [-0.05, 0) is 35.2 Å². The molecular weight excluding hydrogens is 630 g/mol. The van der Waals surface area contributed by atoms with Gasteiger partial charge in [0.25, 0.3) is 0 Å². The standard InChI is InChI=1S/C33H40BrN3O7/c1-32(2,3)27(36-31(41)43-19-33(4,5)18-38)29(39)37-17-23(16-26(37)30(40)42-6)44-28-24(20-11-9-12-22(34)14-20)15-21-10-7-8-13-25(21)35-28/h7-15,23,26-27,38H,16-19H2,1-6H3,(H,36,41)/t23-,26+,27-/m1/s1. The van der Waals surface area contributed by atoms with Crippen LogP contribution in [0, 0.1) is 10.8 Å². The van der Waals surface area contributed by atoms with E-state index in [1.165, 1.54) is 12.0 Å². The zero-order valence-corrected chi connectivity index (χ0v) is 27.5. The number of pyridine rings is 1. The molecular formula is C33H40BrN3O7. The molecule has 11 heteroatoms. The average molecular weight is 671 g/mol. The van der Waals surface area contributed by atoms with Gasteiger partial charge in [-0.2, -0.15) is 0 Å². The van der Waals surface area contributed by atoms with Crippen LogP contribution in [0.25, 0.3) is 22.0 Å². The highest BCUT2D eigenvalue weighted by Crippen LogP contribution is 2.36. The Kier molecular flexibility index (Phi) is 10.2. The Bertz CT molecular complexity index is 1520. The number of aliphatic hydroxyl groups excluding tert-OH is 1. The van der Waals surface area contributed by atoms with Crippen LogP contribution in [0.2, 0.25) is 0 Å². The summed E-state index contributed by atoms with van der Waals surface area (Å²) in [5.74, 6) is -0.663. The third-order valence-corrected chi connectivity index (χ3v) is 8.01. The number of rotatable bonds is 9. The minimum absolute atomic E-state index is 0.0378. The molecule has 2 amide bonds. The summed E-state index contributed by atoms with van der Waals surface area (Å²) >= 11 is 3.54. The van der Waals surface area contributed by atoms with Gasteiger partial charge < -0.3 is 29.5 Å². The van der Waals surface area contributed by atoms with Crippen molar-refractivity contribution in [3.8, 4) is 17.0 Å². The van der Waals surface area contributed by atoms with Crippen molar-refractivity contribution in [2.24, 2.45) is 10.8 Å². The van der Waals surface area contributed by atoms with E-state index in [-0.39, 0.29) is 26.2 Å². The molecule has 1 aliphatic rings. The molecule has 2 aromatic carbocycles. The van der Waals surface area contributed by atoms with Crippen molar-refractivity contribution in [3.05, 3.63) is 59.1 Å². The summed E-state index contributed by atoms with van der Waals surface area (Å²) in [6.07, 6.45) is -1.20. The van der Waals surface area contributed by atoms with Gasteiger partial charge in [0.2, 0.25) is 11.8 Å². The lowest BCUT2D eigenvalue weighted by Crippen LogP contribution is -2.57. The molecule has 0 saturated carbocycles. The van der Waals surface area contributed by atoms with E-state index in [9.17, 15) is 19.5 Å². The van der Waals surface area contributed by atoms with E-state index >= 15 is 0 Å². The molecule has 2 heterocycles. The minimum atomic E-state index is -1.02. The maximum atomic E-state index is 14.0. The maximum absolute atomic E-state index is 14.0. The van der Waals surface area contributed by atoms with E-state index in [2.05, 4.69) is 21.2 Å². The molecule has 0 radical (unpaired) electrons. The van der Waals surface area contributed by atoms with E-state index in [1.807, 2.05) is 75.4 Å². The number of alkyl carbamates (subject to hydrolysis) is 1. The van der Waals surface area contributed by atoms with Crippen molar-refractivity contribution in [2.45, 2.75) is 59.2 Å². The number of aromatic nitrogens is 1. The number of methoxy groups -OCH3 is 1. The molecule has 0 unspecified atom stereocenters. The van der Waals surface area contributed by atoms with Crippen molar-refractivity contribution in [2.75, 3.05) is 26.9 Å². The van der Waals surface area contributed by atoms with E-state index < -0.39 is 47.0 Å². The fourth-order valence-electron chi connectivity index (χ4n) is 4.98. The number of amides is 2. The van der Waals surface area contributed by atoms with Gasteiger partial charge in [-0.15, -0.1) is 0 Å². The second-order valence-electron chi connectivity index (χ2n) is 12.9. The first-order valence-electron chi connectivity index (χ1n) is 14.5. The molecule has 236 valence electrons. The molecule has 0 aliphatic carbocycles. The number of benzene rings is 2. The number of halogens is 1. The topological polar surface area (TPSA) is 127 Å². The quantitative estimate of drug-likeness (QED) is 0.292. The number of carbonyl (C=O) groups excluding carboxylic acids is 3. The smallest absolute Gasteiger partial charge is 0.407 e. The summed E-state index contributed by atoms with van der Waals surface area (Å²) in [6.45, 7) is 8.81. The van der Waals surface area contributed by atoms with Gasteiger partial charge in [-0.3, -0.25) is 4.79 Å². The number of nitrogens with zero attached hydrogens (tertiary/aromatic N) is 2. The molecule has 0 spiro atoms. The zero-order valence-electron chi connectivity index (χ0n) is 25.9. The summed E-state index contributed by atoms with van der Waals surface area (Å²) in [6, 6.07) is 15.6. The number of para-hydroxylation sites is 1. The van der Waals surface area contributed by atoms with Crippen molar-refractivity contribution in [1.29, 1.82) is 0 Å². The van der Waals surface area contributed by atoms with Crippen molar-refractivity contribution in [1.82, 2.24) is 15.2 Å². The van der Waals surface area contributed by atoms with Gasteiger partial charge in [0.1, 0.15) is 24.8 Å². The lowest BCUT2D eigenvalue weighted by molar-refractivity contribution is -0.152. The first-order valence-corrected chi connectivity index (χ1v) is 15.3. The van der Waals surface area contributed by atoms with Gasteiger partial charge in [0.15, 0.2) is 0 Å². The van der Waals surface area contributed by atoms with Crippen molar-refractivity contribution >= 4 is 44.8 Å². The predicted octanol–water partition coefficient (Wildman–Crippen LogP) is 5.35. The second-order valence-corrected chi connectivity index (χ2v) is 13.8. The minimum Gasteiger partial charge on any atom is -0.472 e. The van der Waals surface area contributed by atoms with Crippen LogP contribution >= 0.6 is 15.9 Å². The Morgan fingerprint density at radius 2 is 1.82 bits per heavy atom. The molecule has 4 rings (SSSR count). The Labute approximate surface area is 266 Å². The first kappa shape index (κ1) is 33.2. The van der Waals surface area contributed by atoms with Crippen LogP contribution in [0.4, 0.5) is 4.79 Å². The van der Waals surface area contributed by atoms with Crippen LogP contribution in [-0.4, -0.2) is 78.0 Å². The molecule has 0 bridgehead atoms. The van der Waals surface area contributed by atoms with Crippen molar-refractivity contribution < 1.29 is 33.7 Å². The molecule has 3 atom stereocenters. The molecule has 1 aromatic heterocycles. The number of hydrogen-bond donors (Lipinski definition) is 2. The van der Waals surface area contributed by atoms with Crippen LogP contribution in [0.3, 0.4) is 0 Å². The summed E-state index contributed by atoms with van der Waals surface area (Å²) in [5.41, 5.74) is 1.04. The molecule has 1 aliphatic heterocycles. The van der Waals surface area contributed by atoms with Gasteiger partial charge in [0, 0.05) is 27.3 Å². The number of ether oxygens (including phenoxy) is 3. The van der Waals surface area contributed by atoms with E-state index in [0.717, 1.165) is 26.5 Å². The third-order valence-electron chi connectivity index (χ3n) is 7.52. The predicted molar refractivity (Wildman–Crippen MR) is 170 cm³/mol. The van der Waals surface area contributed by atoms with E-state index in [0.29, 0.717) is 5.88 Å².